The number of nitrogens with zero attached hydrogens (tertiary/aromatic N) is 3. The van der Waals surface area contributed by atoms with Crippen molar-refractivity contribution in [3.05, 3.63) is 29.7 Å². The van der Waals surface area contributed by atoms with Crippen LogP contribution in [-0.2, 0) is 0 Å². The summed E-state index contributed by atoms with van der Waals surface area (Å²) in [5.74, 6) is 2.25. The zero-order chi connectivity index (χ0) is 17.1. The van der Waals surface area contributed by atoms with Crippen molar-refractivity contribution in [1.29, 1.82) is 0 Å². The lowest BCUT2D eigenvalue weighted by Crippen LogP contribution is -2.49. The molecule has 0 aliphatic carbocycles. The van der Waals surface area contributed by atoms with Crippen LogP contribution < -0.4 is 0 Å². The highest BCUT2D eigenvalue weighted by atomic mass is 16.3. The van der Waals surface area contributed by atoms with Crippen LogP contribution in [0.15, 0.2) is 22.6 Å². The molecule has 0 saturated carbocycles. The van der Waals surface area contributed by atoms with Gasteiger partial charge in [-0.05, 0) is 37.9 Å². The van der Waals surface area contributed by atoms with Gasteiger partial charge in [-0.25, -0.2) is 0 Å². The number of amides is 1. The van der Waals surface area contributed by atoms with Crippen molar-refractivity contribution in [2.75, 3.05) is 32.7 Å². The number of aromatic amines is 1. The van der Waals surface area contributed by atoms with E-state index in [1.165, 1.54) is 6.42 Å². The van der Waals surface area contributed by atoms with E-state index in [1.807, 2.05) is 24.0 Å². The molecule has 24 heavy (non-hydrogen) atoms. The highest BCUT2D eigenvalue weighted by Crippen LogP contribution is 2.21. The number of hydrogen-bond donors (Lipinski definition) is 1. The number of aromatic nitrogens is 2. The van der Waals surface area contributed by atoms with E-state index in [1.54, 1.807) is 6.07 Å². The van der Waals surface area contributed by atoms with E-state index in [2.05, 4.69) is 28.9 Å². The molecule has 1 aliphatic rings. The minimum absolute atomic E-state index is 0.00992. The molecule has 0 unspecified atom stereocenters. The third-order valence-electron chi connectivity index (χ3n) is 4.48. The van der Waals surface area contributed by atoms with Crippen LogP contribution in [0.3, 0.4) is 0 Å². The van der Waals surface area contributed by atoms with Crippen LogP contribution in [-0.4, -0.2) is 58.6 Å². The average molecular weight is 330 g/mol. The molecule has 2 aromatic heterocycles. The Hall–Kier alpha value is -2.08. The zero-order valence-electron chi connectivity index (χ0n) is 14.7. The van der Waals surface area contributed by atoms with Crippen molar-refractivity contribution in [2.45, 2.75) is 27.2 Å². The molecular weight excluding hydrogens is 304 g/mol. The van der Waals surface area contributed by atoms with Crippen molar-refractivity contribution in [1.82, 2.24) is 20.0 Å². The van der Waals surface area contributed by atoms with Crippen molar-refractivity contribution in [2.24, 2.45) is 5.92 Å². The fraction of sp³-hybridized carbons (Fsp3) is 0.556. The van der Waals surface area contributed by atoms with Crippen LogP contribution >= 0.6 is 0 Å². The maximum Gasteiger partial charge on any atom is 0.274 e. The monoisotopic (exact) mass is 330 g/mol. The predicted octanol–water partition coefficient (Wildman–Crippen LogP) is 2.78. The lowest BCUT2D eigenvalue weighted by Gasteiger charge is -2.34. The van der Waals surface area contributed by atoms with Gasteiger partial charge < -0.3 is 9.32 Å². The smallest absolute Gasteiger partial charge is 0.274 e. The van der Waals surface area contributed by atoms with E-state index in [4.69, 9.17) is 4.42 Å². The van der Waals surface area contributed by atoms with Gasteiger partial charge in [-0.15, -0.1) is 0 Å². The van der Waals surface area contributed by atoms with Gasteiger partial charge in [0.2, 0.25) is 0 Å². The summed E-state index contributed by atoms with van der Waals surface area (Å²) in [6.45, 7) is 10.9. The number of carbonyl (C=O) groups is 1. The molecule has 1 N–H and O–H groups in total. The van der Waals surface area contributed by atoms with Crippen LogP contribution in [0.1, 0.15) is 36.5 Å². The normalized spacial score (nSPS) is 16.1. The van der Waals surface area contributed by atoms with Gasteiger partial charge in [-0.3, -0.25) is 14.8 Å². The second-order valence-electron chi connectivity index (χ2n) is 6.89. The first-order valence-corrected chi connectivity index (χ1v) is 8.67. The SMILES string of the molecule is Cc1ccc(-c2cc(C(=O)N3CCN(CCC(C)C)CC3)n[nH]2)o1. The number of H-pyrrole nitrogens is 1. The molecule has 1 amide bonds. The number of piperazine rings is 1. The summed E-state index contributed by atoms with van der Waals surface area (Å²) in [6, 6.07) is 5.55. The quantitative estimate of drug-likeness (QED) is 0.915. The maximum atomic E-state index is 12.6. The number of nitrogens with one attached hydrogen (secondary N) is 1. The van der Waals surface area contributed by atoms with Crippen LogP contribution in [0.4, 0.5) is 0 Å². The number of rotatable bonds is 5. The number of furan rings is 1. The first kappa shape index (κ1) is 16.8. The van der Waals surface area contributed by atoms with Crippen LogP contribution in [0.2, 0.25) is 0 Å². The molecule has 1 aliphatic heterocycles. The van der Waals surface area contributed by atoms with Gasteiger partial charge in [-0.1, -0.05) is 13.8 Å². The molecule has 3 rings (SSSR count). The van der Waals surface area contributed by atoms with E-state index >= 15 is 0 Å². The van der Waals surface area contributed by atoms with Gasteiger partial charge in [-0.2, -0.15) is 5.10 Å². The van der Waals surface area contributed by atoms with Crippen LogP contribution in [0.5, 0.6) is 0 Å². The average Bonchev–Trinajstić information content (AvgIpc) is 3.21. The maximum absolute atomic E-state index is 12.6. The highest BCUT2D eigenvalue weighted by Gasteiger charge is 2.24. The highest BCUT2D eigenvalue weighted by molar-refractivity contribution is 5.93. The van der Waals surface area contributed by atoms with Crippen LogP contribution in [0, 0.1) is 12.8 Å². The second-order valence-corrected chi connectivity index (χ2v) is 6.89. The van der Waals surface area contributed by atoms with Gasteiger partial charge in [0.15, 0.2) is 11.5 Å². The zero-order valence-corrected chi connectivity index (χ0v) is 14.7. The summed E-state index contributed by atoms with van der Waals surface area (Å²) in [7, 11) is 0. The van der Waals surface area contributed by atoms with Crippen molar-refractivity contribution >= 4 is 5.91 Å². The molecule has 0 spiro atoms. The van der Waals surface area contributed by atoms with Gasteiger partial charge in [0, 0.05) is 32.2 Å². The number of carbonyl (C=O) groups excluding carboxylic acids is 1. The standard InChI is InChI=1S/C18H26N4O2/c1-13(2)6-7-21-8-10-22(11-9-21)18(23)16-12-15(19-20-16)17-5-4-14(3)24-17/h4-5,12-13H,6-11H2,1-3H3,(H,19,20). The fourth-order valence-electron chi connectivity index (χ4n) is 2.91. The van der Waals surface area contributed by atoms with Gasteiger partial charge >= 0.3 is 0 Å². The Balaban J connectivity index is 1.57. The Bertz CT molecular complexity index is 681. The van der Waals surface area contributed by atoms with E-state index in [0.29, 0.717) is 11.5 Å². The van der Waals surface area contributed by atoms with Crippen LogP contribution in [0.25, 0.3) is 11.5 Å². The Morgan fingerprint density at radius 1 is 1.29 bits per heavy atom. The minimum atomic E-state index is -0.00992. The molecule has 1 saturated heterocycles. The predicted molar refractivity (Wildman–Crippen MR) is 92.8 cm³/mol. The Labute approximate surface area is 142 Å². The number of aryl methyl sites for hydroxylation is 1. The van der Waals surface area contributed by atoms with Gasteiger partial charge in [0.25, 0.3) is 5.91 Å². The summed E-state index contributed by atoms with van der Waals surface area (Å²) in [5.41, 5.74) is 1.19. The Morgan fingerprint density at radius 2 is 2.04 bits per heavy atom. The topological polar surface area (TPSA) is 65.4 Å². The third-order valence-corrected chi connectivity index (χ3v) is 4.48. The van der Waals surface area contributed by atoms with Gasteiger partial charge in [0.05, 0.1) is 0 Å². The first-order chi connectivity index (χ1) is 11.5. The molecule has 2 aromatic rings. The van der Waals surface area contributed by atoms with Crippen molar-refractivity contribution < 1.29 is 9.21 Å². The minimum Gasteiger partial charge on any atom is -0.460 e. The summed E-state index contributed by atoms with van der Waals surface area (Å²) >= 11 is 0. The first-order valence-electron chi connectivity index (χ1n) is 8.67. The molecule has 0 aromatic carbocycles. The van der Waals surface area contributed by atoms with E-state index in [9.17, 15) is 4.79 Å². The molecule has 1 fully saturated rings. The van der Waals surface area contributed by atoms with E-state index < -0.39 is 0 Å². The van der Waals surface area contributed by atoms with Gasteiger partial charge in [0.1, 0.15) is 11.5 Å². The lowest BCUT2D eigenvalue weighted by atomic mass is 10.1. The Kier molecular flexibility index (Phi) is 5.04. The Morgan fingerprint density at radius 3 is 2.67 bits per heavy atom. The molecule has 6 heteroatoms. The molecular formula is C18H26N4O2. The van der Waals surface area contributed by atoms with Crippen molar-refractivity contribution in [3.63, 3.8) is 0 Å². The fourth-order valence-corrected chi connectivity index (χ4v) is 2.91. The molecule has 0 atom stereocenters. The third kappa shape index (κ3) is 3.87. The summed E-state index contributed by atoms with van der Waals surface area (Å²) in [6.07, 6.45) is 1.21. The largest absolute Gasteiger partial charge is 0.460 e. The summed E-state index contributed by atoms with van der Waals surface area (Å²) < 4.78 is 5.57. The second kappa shape index (κ2) is 7.21. The summed E-state index contributed by atoms with van der Waals surface area (Å²) in [4.78, 5) is 16.9. The molecule has 130 valence electrons. The lowest BCUT2D eigenvalue weighted by molar-refractivity contribution is 0.0626. The molecule has 0 radical (unpaired) electrons. The summed E-state index contributed by atoms with van der Waals surface area (Å²) in [5, 5.41) is 7.06. The number of hydrogen-bond acceptors (Lipinski definition) is 4. The molecule has 3 heterocycles. The molecule has 6 nitrogen and oxygen atoms in total. The van der Waals surface area contributed by atoms with E-state index in [0.717, 1.165) is 50.1 Å². The van der Waals surface area contributed by atoms with Crippen molar-refractivity contribution in [3.8, 4) is 11.5 Å². The molecule has 0 bridgehead atoms. The van der Waals surface area contributed by atoms with E-state index in [-0.39, 0.29) is 5.91 Å².